The first-order valence-electron chi connectivity index (χ1n) is 5.45. The maximum Gasteiger partial charge on any atom is 0.130 e. The van der Waals surface area contributed by atoms with E-state index in [2.05, 4.69) is 4.98 Å². The third kappa shape index (κ3) is 2.09. The number of fused-ring (bicyclic) bond motifs is 1. The van der Waals surface area contributed by atoms with Crippen molar-refractivity contribution in [1.29, 1.82) is 0 Å². The van der Waals surface area contributed by atoms with Crippen LogP contribution in [-0.2, 0) is 6.42 Å². The number of halogens is 2. The first kappa shape index (κ1) is 12.2. The Morgan fingerprint density at radius 1 is 1.41 bits per heavy atom. The fourth-order valence-electron chi connectivity index (χ4n) is 1.93. The first-order chi connectivity index (χ1) is 8.04. The summed E-state index contributed by atoms with van der Waals surface area (Å²) in [6.45, 7) is 1.75. The zero-order valence-corrected chi connectivity index (χ0v) is 10.9. The van der Waals surface area contributed by atoms with Crippen molar-refractivity contribution in [2.24, 2.45) is 0 Å². The molecule has 17 heavy (non-hydrogen) atoms. The summed E-state index contributed by atoms with van der Waals surface area (Å²) in [7, 11) is 3.86. The predicted octanol–water partition coefficient (Wildman–Crippen LogP) is 2.46. The summed E-state index contributed by atoms with van der Waals surface area (Å²) in [4.78, 5) is 4.42. The van der Waals surface area contributed by atoms with Crippen molar-refractivity contribution < 1.29 is 4.39 Å². The number of aromatic nitrogens is 2. The highest BCUT2D eigenvalue weighted by molar-refractivity contribution is 6.17. The van der Waals surface area contributed by atoms with Crippen LogP contribution in [0.4, 0.5) is 4.39 Å². The molecule has 0 atom stereocenters. The van der Waals surface area contributed by atoms with Gasteiger partial charge in [-0.2, -0.15) is 0 Å². The smallest absolute Gasteiger partial charge is 0.130 e. The van der Waals surface area contributed by atoms with Gasteiger partial charge in [0.15, 0.2) is 0 Å². The van der Waals surface area contributed by atoms with E-state index in [4.69, 9.17) is 11.6 Å². The van der Waals surface area contributed by atoms with E-state index in [0.717, 1.165) is 11.3 Å². The van der Waals surface area contributed by atoms with Crippen LogP contribution < -0.4 is 5.01 Å². The first-order valence-corrected chi connectivity index (χ1v) is 5.99. The van der Waals surface area contributed by atoms with Crippen molar-refractivity contribution in [1.82, 2.24) is 9.66 Å². The third-order valence-corrected chi connectivity index (χ3v) is 2.89. The van der Waals surface area contributed by atoms with E-state index in [1.807, 2.05) is 29.8 Å². The molecule has 1 heterocycles. The topological polar surface area (TPSA) is 21.1 Å². The SMILES string of the molecule is Cc1cc2c(cc1F)nc(CCCl)n2N(C)C. The molecule has 0 unspecified atom stereocenters. The molecule has 0 radical (unpaired) electrons. The minimum atomic E-state index is -0.224. The van der Waals surface area contributed by atoms with Gasteiger partial charge in [-0.25, -0.2) is 14.1 Å². The quantitative estimate of drug-likeness (QED) is 0.786. The highest BCUT2D eigenvalue weighted by Crippen LogP contribution is 2.20. The van der Waals surface area contributed by atoms with Gasteiger partial charge in [-0.15, -0.1) is 11.6 Å². The van der Waals surface area contributed by atoms with Crippen LogP contribution in [-0.4, -0.2) is 29.6 Å². The van der Waals surface area contributed by atoms with Crippen LogP contribution in [0, 0.1) is 12.7 Å². The molecule has 1 aromatic heterocycles. The molecule has 5 heteroatoms. The summed E-state index contributed by atoms with van der Waals surface area (Å²) in [6.07, 6.45) is 0.662. The van der Waals surface area contributed by atoms with Crippen LogP contribution in [0.5, 0.6) is 0 Å². The van der Waals surface area contributed by atoms with Gasteiger partial charge in [0.25, 0.3) is 0 Å². The van der Waals surface area contributed by atoms with Crippen molar-refractivity contribution in [3.05, 3.63) is 29.3 Å². The van der Waals surface area contributed by atoms with E-state index >= 15 is 0 Å². The van der Waals surface area contributed by atoms with Crippen molar-refractivity contribution in [3.63, 3.8) is 0 Å². The molecule has 1 aromatic carbocycles. The van der Waals surface area contributed by atoms with E-state index in [-0.39, 0.29) is 5.82 Å². The van der Waals surface area contributed by atoms with Gasteiger partial charge < -0.3 is 5.01 Å². The molecule has 92 valence electrons. The van der Waals surface area contributed by atoms with Crippen LogP contribution in [0.25, 0.3) is 11.0 Å². The molecule has 0 aliphatic heterocycles. The lowest BCUT2D eigenvalue weighted by atomic mass is 10.2. The normalized spacial score (nSPS) is 11.1. The predicted molar refractivity (Wildman–Crippen MR) is 68.9 cm³/mol. The van der Waals surface area contributed by atoms with Gasteiger partial charge in [0, 0.05) is 32.5 Å². The van der Waals surface area contributed by atoms with Gasteiger partial charge in [-0.1, -0.05) is 0 Å². The van der Waals surface area contributed by atoms with Gasteiger partial charge in [0.1, 0.15) is 11.6 Å². The van der Waals surface area contributed by atoms with Crippen LogP contribution in [0.3, 0.4) is 0 Å². The maximum atomic E-state index is 13.5. The number of nitrogens with zero attached hydrogens (tertiary/aromatic N) is 3. The molecule has 0 N–H and O–H groups in total. The number of hydrogen-bond donors (Lipinski definition) is 0. The van der Waals surface area contributed by atoms with Crippen LogP contribution in [0.15, 0.2) is 12.1 Å². The second kappa shape index (κ2) is 4.53. The Labute approximate surface area is 105 Å². The molecule has 0 saturated heterocycles. The van der Waals surface area contributed by atoms with E-state index in [1.165, 1.54) is 6.07 Å². The van der Waals surface area contributed by atoms with E-state index in [1.54, 1.807) is 6.92 Å². The lowest BCUT2D eigenvalue weighted by molar-refractivity contribution is 0.620. The Bertz CT molecular complexity index is 548. The van der Waals surface area contributed by atoms with Crippen molar-refractivity contribution in [2.75, 3.05) is 25.0 Å². The molecule has 0 aliphatic carbocycles. The summed E-state index contributed by atoms with van der Waals surface area (Å²) in [5, 5.41) is 1.93. The lowest BCUT2D eigenvalue weighted by Crippen LogP contribution is -2.27. The molecule has 0 saturated carbocycles. The average molecular weight is 256 g/mol. The Morgan fingerprint density at radius 3 is 2.71 bits per heavy atom. The number of aryl methyl sites for hydroxylation is 2. The second-order valence-electron chi connectivity index (χ2n) is 4.22. The number of alkyl halides is 1. The molecule has 0 aliphatic rings. The van der Waals surface area contributed by atoms with Crippen LogP contribution in [0.2, 0.25) is 0 Å². The highest BCUT2D eigenvalue weighted by atomic mass is 35.5. The molecule has 3 nitrogen and oxygen atoms in total. The highest BCUT2D eigenvalue weighted by Gasteiger charge is 2.13. The van der Waals surface area contributed by atoms with Crippen LogP contribution >= 0.6 is 11.6 Å². The van der Waals surface area contributed by atoms with Gasteiger partial charge in [0.05, 0.1) is 11.0 Å². The van der Waals surface area contributed by atoms with Gasteiger partial charge >= 0.3 is 0 Å². The van der Waals surface area contributed by atoms with Crippen molar-refractivity contribution in [2.45, 2.75) is 13.3 Å². The maximum absolute atomic E-state index is 13.5. The summed E-state index contributed by atoms with van der Waals surface area (Å²) in [6, 6.07) is 3.29. The third-order valence-electron chi connectivity index (χ3n) is 2.70. The minimum Gasteiger partial charge on any atom is -0.317 e. The van der Waals surface area contributed by atoms with E-state index < -0.39 is 0 Å². The van der Waals surface area contributed by atoms with Crippen molar-refractivity contribution in [3.8, 4) is 0 Å². The Kier molecular flexibility index (Phi) is 3.24. The molecule has 0 fully saturated rings. The Morgan fingerprint density at radius 2 is 2.12 bits per heavy atom. The lowest BCUT2D eigenvalue weighted by Gasteiger charge is -2.18. The molecule has 0 amide bonds. The fraction of sp³-hybridized carbons (Fsp3) is 0.417. The van der Waals surface area contributed by atoms with E-state index in [9.17, 15) is 4.39 Å². The average Bonchev–Trinajstić information content (AvgIpc) is 2.57. The summed E-state index contributed by atoms with van der Waals surface area (Å²) < 4.78 is 15.5. The molecule has 0 bridgehead atoms. The summed E-state index contributed by atoms with van der Waals surface area (Å²) in [5.74, 6) is 1.13. The minimum absolute atomic E-state index is 0.224. The zero-order valence-electron chi connectivity index (χ0n) is 10.2. The molecular weight excluding hydrogens is 241 g/mol. The zero-order chi connectivity index (χ0) is 12.6. The van der Waals surface area contributed by atoms with Crippen molar-refractivity contribution >= 4 is 22.6 Å². The standard InChI is InChI=1S/C12H15ClFN3/c1-8-6-11-10(7-9(8)14)15-12(4-5-13)17(11)16(2)3/h6-7H,4-5H2,1-3H3. The monoisotopic (exact) mass is 255 g/mol. The van der Waals surface area contributed by atoms with Gasteiger partial charge in [-0.05, 0) is 18.6 Å². The Balaban J connectivity index is 2.71. The van der Waals surface area contributed by atoms with Gasteiger partial charge in [0.2, 0.25) is 0 Å². The Hall–Kier alpha value is -1.29. The molecule has 2 rings (SSSR count). The summed E-state index contributed by atoms with van der Waals surface area (Å²) >= 11 is 5.76. The number of imidazole rings is 1. The number of benzene rings is 1. The fourth-order valence-corrected chi connectivity index (χ4v) is 2.10. The largest absolute Gasteiger partial charge is 0.317 e. The summed E-state index contributed by atoms with van der Waals surface area (Å²) in [5.41, 5.74) is 2.20. The van der Waals surface area contributed by atoms with Gasteiger partial charge in [-0.3, -0.25) is 0 Å². The molecule has 2 aromatic rings. The molecule has 0 spiro atoms. The second-order valence-corrected chi connectivity index (χ2v) is 4.59. The van der Waals surface area contributed by atoms with Crippen LogP contribution in [0.1, 0.15) is 11.4 Å². The number of rotatable bonds is 3. The molecular formula is C12H15ClFN3. The van der Waals surface area contributed by atoms with E-state index in [0.29, 0.717) is 23.4 Å². The number of hydrogen-bond acceptors (Lipinski definition) is 2.